The van der Waals surface area contributed by atoms with Crippen LogP contribution in [0.4, 0.5) is 0 Å². The van der Waals surface area contributed by atoms with Gasteiger partial charge in [0.2, 0.25) is 5.91 Å². The molecule has 0 saturated heterocycles. The highest BCUT2D eigenvalue weighted by Crippen LogP contribution is 2.68. The number of hydrogen-bond acceptors (Lipinski definition) is 2. The van der Waals surface area contributed by atoms with E-state index in [9.17, 15) is 9.59 Å². The lowest BCUT2D eigenvalue weighted by Crippen LogP contribution is -2.38. The monoisotopic (exact) mass is 241 g/mol. The number of rotatable bonds is 5. The van der Waals surface area contributed by atoms with Gasteiger partial charge in [0.1, 0.15) is 0 Å². The van der Waals surface area contributed by atoms with Crippen molar-refractivity contribution in [3.05, 3.63) is 0 Å². The van der Waals surface area contributed by atoms with Gasteiger partial charge < -0.3 is 10.4 Å². The Hall–Kier alpha value is -1.06. The topological polar surface area (TPSA) is 66.4 Å². The Kier molecular flexibility index (Phi) is 3.55. The summed E-state index contributed by atoms with van der Waals surface area (Å²) in [6.07, 6.45) is 0.640. The normalized spacial score (nSPS) is 22.9. The number of carbonyl (C=O) groups excluding carboxylic acids is 1. The molecule has 4 heteroatoms. The number of nitrogens with one attached hydrogen (secondary N) is 1. The number of amides is 1. The van der Waals surface area contributed by atoms with Gasteiger partial charge in [-0.2, -0.15) is 0 Å². The summed E-state index contributed by atoms with van der Waals surface area (Å²) in [7, 11) is 0. The molecule has 0 heterocycles. The highest BCUT2D eigenvalue weighted by atomic mass is 16.4. The maximum absolute atomic E-state index is 12.1. The van der Waals surface area contributed by atoms with Crippen molar-refractivity contribution >= 4 is 11.9 Å². The summed E-state index contributed by atoms with van der Waals surface area (Å²) in [4.78, 5) is 22.7. The summed E-state index contributed by atoms with van der Waals surface area (Å²) in [5.74, 6) is -0.891. The summed E-state index contributed by atoms with van der Waals surface area (Å²) >= 11 is 0. The molecular weight excluding hydrogens is 218 g/mol. The SMILES string of the molecule is CCC(CC(=O)O)NC(=O)C1C(C)(C)C1(C)C. The van der Waals surface area contributed by atoms with Crippen LogP contribution in [0.3, 0.4) is 0 Å². The van der Waals surface area contributed by atoms with Crippen LogP contribution in [0.2, 0.25) is 0 Å². The molecular formula is C13H23NO3. The first-order chi connectivity index (χ1) is 7.64. The standard InChI is InChI=1S/C13H23NO3/c1-6-8(7-9(15)16)14-11(17)10-12(2,3)13(10,4)5/h8,10H,6-7H2,1-5H3,(H,14,17)(H,15,16). The zero-order chi connectivity index (χ0) is 13.4. The van der Waals surface area contributed by atoms with Crippen molar-refractivity contribution in [2.45, 2.75) is 53.5 Å². The van der Waals surface area contributed by atoms with Gasteiger partial charge in [-0.1, -0.05) is 34.6 Å². The molecule has 1 fully saturated rings. The molecule has 0 aromatic rings. The number of aliphatic carboxylic acids is 1. The molecule has 0 bridgehead atoms. The van der Waals surface area contributed by atoms with E-state index in [0.29, 0.717) is 6.42 Å². The molecule has 0 aromatic heterocycles. The van der Waals surface area contributed by atoms with Crippen LogP contribution in [0.15, 0.2) is 0 Å². The van der Waals surface area contributed by atoms with Gasteiger partial charge >= 0.3 is 5.97 Å². The zero-order valence-corrected chi connectivity index (χ0v) is 11.3. The Morgan fingerprint density at radius 3 is 2.00 bits per heavy atom. The Morgan fingerprint density at radius 1 is 1.24 bits per heavy atom. The number of hydrogen-bond donors (Lipinski definition) is 2. The van der Waals surface area contributed by atoms with Gasteiger partial charge in [-0.15, -0.1) is 0 Å². The van der Waals surface area contributed by atoms with E-state index in [1.54, 1.807) is 0 Å². The third kappa shape index (κ3) is 2.45. The highest BCUT2D eigenvalue weighted by Gasteiger charge is 2.68. The van der Waals surface area contributed by atoms with E-state index in [0.717, 1.165) is 0 Å². The number of carbonyl (C=O) groups is 2. The second-order valence-electron chi connectivity index (χ2n) is 6.09. The molecule has 0 aromatic carbocycles. The summed E-state index contributed by atoms with van der Waals surface area (Å²) in [5, 5.41) is 11.6. The fourth-order valence-electron chi connectivity index (χ4n) is 2.64. The van der Waals surface area contributed by atoms with Gasteiger partial charge in [-0.3, -0.25) is 9.59 Å². The van der Waals surface area contributed by atoms with Crippen LogP contribution in [0.25, 0.3) is 0 Å². The maximum atomic E-state index is 12.1. The third-order valence-electron chi connectivity index (χ3n) is 4.54. The smallest absolute Gasteiger partial charge is 0.305 e. The molecule has 1 unspecified atom stereocenters. The molecule has 1 amide bonds. The second kappa shape index (κ2) is 4.31. The van der Waals surface area contributed by atoms with E-state index < -0.39 is 5.97 Å². The van der Waals surface area contributed by atoms with Crippen LogP contribution in [-0.2, 0) is 9.59 Å². The predicted molar refractivity (Wildman–Crippen MR) is 65.5 cm³/mol. The Morgan fingerprint density at radius 2 is 1.71 bits per heavy atom. The summed E-state index contributed by atoms with van der Waals surface area (Å²) in [6, 6.07) is -0.257. The fourth-order valence-corrected chi connectivity index (χ4v) is 2.64. The second-order valence-corrected chi connectivity index (χ2v) is 6.09. The lowest BCUT2D eigenvalue weighted by atomic mass is 10.0. The zero-order valence-electron chi connectivity index (χ0n) is 11.3. The Labute approximate surface area is 103 Å². The van der Waals surface area contributed by atoms with Crippen molar-refractivity contribution in [3.8, 4) is 0 Å². The third-order valence-corrected chi connectivity index (χ3v) is 4.54. The molecule has 0 spiro atoms. The van der Waals surface area contributed by atoms with E-state index >= 15 is 0 Å². The molecule has 0 radical (unpaired) electrons. The Bertz CT molecular complexity index is 320. The minimum Gasteiger partial charge on any atom is -0.481 e. The van der Waals surface area contributed by atoms with Gasteiger partial charge in [-0.05, 0) is 17.3 Å². The maximum Gasteiger partial charge on any atom is 0.305 e. The lowest BCUT2D eigenvalue weighted by Gasteiger charge is -2.15. The first-order valence-corrected chi connectivity index (χ1v) is 6.16. The highest BCUT2D eigenvalue weighted by molar-refractivity contribution is 5.84. The van der Waals surface area contributed by atoms with Gasteiger partial charge in [-0.25, -0.2) is 0 Å². The largest absolute Gasteiger partial charge is 0.481 e. The molecule has 1 aliphatic carbocycles. The summed E-state index contributed by atoms with van der Waals surface area (Å²) in [5.41, 5.74) is -0.00278. The lowest BCUT2D eigenvalue weighted by molar-refractivity contribution is -0.137. The average molecular weight is 241 g/mol. The molecule has 4 nitrogen and oxygen atoms in total. The van der Waals surface area contributed by atoms with E-state index in [1.165, 1.54) is 0 Å². The quantitative estimate of drug-likeness (QED) is 0.774. The molecule has 1 rings (SSSR count). The van der Waals surface area contributed by atoms with Gasteiger partial charge in [0.05, 0.1) is 6.42 Å². The summed E-state index contributed by atoms with van der Waals surface area (Å²) in [6.45, 7) is 10.2. The number of carboxylic acid groups (broad SMARTS) is 1. The molecule has 1 atom stereocenters. The Balaban J connectivity index is 2.59. The number of carboxylic acids is 1. The minimum atomic E-state index is -0.869. The summed E-state index contributed by atoms with van der Waals surface area (Å²) < 4.78 is 0. The molecule has 1 aliphatic rings. The predicted octanol–water partition coefficient (Wildman–Crippen LogP) is 2.04. The fraction of sp³-hybridized carbons (Fsp3) is 0.846. The van der Waals surface area contributed by atoms with Crippen molar-refractivity contribution in [2.75, 3.05) is 0 Å². The van der Waals surface area contributed by atoms with E-state index in [-0.39, 0.29) is 35.1 Å². The van der Waals surface area contributed by atoms with Crippen molar-refractivity contribution in [2.24, 2.45) is 16.7 Å². The van der Waals surface area contributed by atoms with Gasteiger partial charge in [0, 0.05) is 12.0 Å². The van der Waals surface area contributed by atoms with Crippen LogP contribution < -0.4 is 5.32 Å². The van der Waals surface area contributed by atoms with Gasteiger partial charge in [0.15, 0.2) is 0 Å². The van der Waals surface area contributed by atoms with Crippen LogP contribution in [0, 0.1) is 16.7 Å². The van der Waals surface area contributed by atoms with Crippen LogP contribution in [-0.4, -0.2) is 23.0 Å². The van der Waals surface area contributed by atoms with E-state index in [2.05, 4.69) is 33.0 Å². The van der Waals surface area contributed by atoms with Crippen molar-refractivity contribution < 1.29 is 14.7 Å². The molecule has 0 aliphatic heterocycles. The minimum absolute atomic E-state index is 0.00139. The first kappa shape index (κ1) is 14.0. The van der Waals surface area contributed by atoms with Crippen molar-refractivity contribution in [1.29, 1.82) is 0 Å². The van der Waals surface area contributed by atoms with Crippen LogP contribution in [0.1, 0.15) is 47.5 Å². The van der Waals surface area contributed by atoms with Crippen molar-refractivity contribution in [3.63, 3.8) is 0 Å². The average Bonchev–Trinajstić information content (AvgIpc) is 2.55. The van der Waals surface area contributed by atoms with E-state index in [4.69, 9.17) is 5.11 Å². The molecule has 17 heavy (non-hydrogen) atoms. The first-order valence-electron chi connectivity index (χ1n) is 6.16. The van der Waals surface area contributed by atoms with Crippen LogP contribution >= 0.6 is 0 Å². The van der Waals surface area contributed by atoms with E-state index in [1.807, 2.05) is 6.92 Å². The van der Waals surface area contributed by atoms with Crippen LogP contribution in [0.5, 0.6) is 0 Å². The van der Waals surface area contributed by atoms with Crippen molar-refractivity contribution in [1.82, 2.24) is 5.32 Å². The molecule has 1 saturated carbocycles. The molecule has 2 N–H and O–H groups in total. The van der Waals surface area contributed by atoms with Gasteiger partial charge in [0.25, 0.3) is 0 Å². The molecule has 98 valence electrons.